The van der Waals surface area contributed by atoms with Crippen molar-refractivity contribution in [2.75, 3.05) is 18.4 Å². The monoisotopic (exact) mass is 257 g/mol. The first-order valence-corrected chi connectivity index (χ1v) is 7.14. The van der Waals surface area contributed by atoms with Crippen molar-refractivity contribution in [1.29, 1.82) is 5.26 Å². The Labute approximate surface area is 116 Å². The van der Waals surface area contributed by atoms with Crippen LogP contribution in [0.5, 0.6) is 0 Å². The first kappa shape index (κ1) is 13.9. The lowest BCUT2D eigenvalue weighted by atomic mass is 9.92. The molecule has 0 saturated carbocycles. The minimum Gasteiger partial charge on any atom is -0.367 e. The number of nitrogens with one attached hydrogen (secondary N) is 1. The third-order valence-corrected chi connectivity index (χ3v) is 3.98. The molecule has 0 aliphatic carbocycles. The van der Waals surface area contributed by atoms with E-state index in [-0.39, 0.29) is 0 Å². The third-order valence-electron chi connectivity index (χ3n) is 3.98. The molecule has 19 heavy (non-hydrogen) atoms. The highest BCUT2D eigenvalue weighted by Gasteiger charge is 2.33. The predicted molar refractivity (Wildman–Crippen MR) is 79.0 cm³/mol. The summed E-state index contributed by atoms with van der Waals surface area (Å²) in [6, 6.07) is 13.2. The molecule has 1 fully saturated rings. The van der Waals surface area contributed by atoms with Gasteiger partial charge in [0.25, 0.3) is 0 Å². The molecule has 0 spiro atoms. The fourth-order valence-electron chi connectivity index (χ4n) is 2.73. The van der Waals surface area contributed by atoms with E-state index < -0.39 is 5.54 Å². The number of likely N-dealkylation sites (tertiary alicyclic amines) is 1. The van der Waals surface area contributed by atoms with E-state index in [1.54, 1.807) is 0 Å². The van der Waals surface area contributed by atoms with Crippen molar-refractivity contribution in [3.8, 4) is 6.07 Å². The fourth-order valence-corrected chi connectivity index (χ4v) is 2.73. The molecule has 3 heteroatoms. The Bertz CT molecular complexity index is 435. The van der Waals surface area contributed by atoms with Crippen molar-refractivity contribution in [3.63, 3.8) is 0 Å². The zero-order valence-electron chi connectivity index (χ0n) is 11.9. The lowest BCUT2D eigenvalue weighted by Crippen LogP contribution is -2.38. The summed E-state index contributed by atoms with van der Waals surface area (Å²) in [6.07, 6.45) is 2.88. The maximum absolute atomic E-state index is 9.62. The third kappa shape index (κ3) is 3.48. The number of nitriles is 1. The summed E-state index contributed by atoms with van der Waals surface area (Å²) >= 11 is 0. The summed E-state index contributed by atoms with van der Waals surface area (Å²) in [5, 5.41) is 13.1. The maximum atomic E-state index is 9.62. The van der Waals surface area contributed by atoms with Crippen LogP contribution in [0, 0.1) is 11.3 Å². The number of anilines is 1. The van der Waals surface area contributed by atoms with Gasteiger partial charge < -0.3 is 10.2 Å². The van der Waals surface area contributed by atoms with Gasteiger partial charge in [-0.3, -0.25) is 0 Å². The first-order chi connectivity index (χ1) is 9.15. The average molecular weight is 257 g/mol. The van der Waals surface area contributed by atoms with Gasteiger partial charge in [0.15, 0.2) is 0 Å². The van der Waals surface area contributed by atoms with Gasteiger partial charge in [-0.1, -0.05) is 18.2 Å². The largest absolute Gasteiger partial charge is 0.367 e. The minimum absolute atomic E-state index is 0.412. The van der Waals surface area contributed by atoms with Gasteiger partial charge in [0.05, 0.1) is 6.07 Å². The predicted octanol–water partition coefficient (Wildman–Crippen LogP) is 3.26. The molecule has 1 aromatic carbocycles. The molecule has 1 aliphatic heterocycles. The summed E-state index contributed by atoms with van der Waals surface area (Å²) in [4.78, 5) is 2.46. The summed E-state index contributed by atoms with van der Waals surface area (Å²) in [5.74, 6) is 0. The van der Waals surface area contributed by atoms with Crippen molar-refractivity contribution in [1.82, 2.24) is 4.90 Å². The van der Waals surface area contributed by atoms with Crippen LogP contribution in [0.15, 0.2) is 30.3 Å². The lowest BCUT2D eigenvalue weighted by molar-refractivity contribution is 0.229. The van der Waals surface area contributed by atoms with Gasteiger partial charge in [-0.2, -0.15) is 5.26 Å². The summed E-state index contributed by atoms with van der Waals surface area (Å²) in [7, 11) is 0. The Hall–Kier alpha value is -1.53. The van der Waals surface area contributed by atoms with Gasteiger partial charge in [-0.15, -0.1) is 0 Å². The van der Waals surface area contributed by atoms with Crippen molar-refractivity contribution >= 4 is 5.69 Å². The van der Waals surface area contributed by atoms with Crippen LogP contribution < -0.4 is 5.32 Å². The van der Waals surface area contributed by atoms with Crippen molar-refractivity contribution in [2.24, 2.45) is 0 Å². The Morgan fingerprint density at radius 2 is 1.95 bits per heavy atom. The SMILES string of the molecule is CC(C)N1CCCC(C#N)(Nc2ccccc2)CC1. The Balaban J connectivity index is 2.09. The van der Waals surface area contributed by atoms with E-state index in [1.807, 2.05) is 30.3 Å². The fraction of sp³-hybridized carbons (Fsp3) is 0.562. The van der Waals surface area contributed by atoms with Crippen molar-refractivity contribution in [3.05, 3.63) is 30.3 Å². The first-order valence-electron chi connectivity index (χ1n) is 7.14. The molecule has 1 atom stereocenters. The maximum Gasteiger partial charge on any atom is 0.126 e. The second-order valence-electron chi connectivity index (χ2n) is 5.67. The second-order valence-corrected chi connectivity index (χ2v) is 5.67. The molecule has 3 nitrogen and oxygen atoms in total. The van der Waals surface area contributed by atoms with E-state index in [4.69, 9.17) is 0 Å². The molecular weight excluding hydrogens is 234 g/mol. The zero-order chi connectivity index (χ0) is 13.7. The molecule has 0 aromatic heterocycles. The van der Waals surface area contributed by atoms with Crippen LogP contribution in [0.1, 0.15) is 33.1 Å². The Morgan fingerprint density at radius 3 is 2.58 bits per heavy atom. The Morgan fingerprint density at radius 1 is 1.21 bits per heavy atom. The molecule has 0 amide bonds. The van der Waals surface area contributed by atoms with E-state index in [0.717, 1.165) is 38.0 Å². The molecule has 2 rings (SSSR count). The van der Waals surface area contributed by atoms with Crippen LogP contribution in [0.4, 0.5) is 5.69 Å². The molecular formula is C16H23N3. The lowest BCUT2D eigenvalue weighted by Gasteiger charge is -2.28. The van der Waals surface area contributed by atoms with Crippen LogP contribution in [0.2, 0.25) is 0 Å². The number of nitrogens with zero attached hydrogens (tertiary/aromatic N) is 2. The van der Waals surface area contributed by atoms with Crippen LogP contribution in [-0.2, 0) is 0 Å². The molecule has 1 unspecified atom stereocenters. The summed E-state index contributed by atoms with van der Waals surface area (Å²) < 4.78 is 0. The molecule has 102 valence electrons. The van der Waals surface area contributed by atoms with E-state index in [2.05, 4.69) is 30.1 Å². The zero-order valence-corrected chi connectivity index (χ0v) is 11.9. The van der Waals surface area contributed by atoms with Crippen LogP contribution in [0.25, 0.3) is 0 Å². The quantitative estimate of drug-likeness (QED) is 0.903. The van der Waals surface area contributed by atoms with E-state index in [0.29, 0.717) is 6.04 Å². The number of hydrogen-bond acceptors (Lipinski definition) is 3. The van der Waals surface area contributed by atoms with Gasteiger partial charge in [0.2, 0.25) is 0 Å². The van der Waals surface area contributed by atoms with Gasteiger partial charge in [-0.25, -0.2) is 0 Å². The smallest absolute Gasteiger partial charge is 0.126 e. The molecule has 0 bridgehead atoms. The van der Waals surface area contributed by atoms with Crippen LogP contribution in [-0.4, -0.2) is 29.6 Å². The molecule has 0 radical (unpaired) electrons. The summed E-state index contributed by atoms with van der Waals surface area (Å²) in [5.41, 5.74) is 0.632. The normalized spacial score (nSPS) is 24.7. The topological polar surface area (TPSA) is 39.1 Å². The standard InChI is InChI=1S/C16H23N3/c1-14(2)19-11-6-9-16(13-17,10-12-19)18-15-7-4-3-5-8-15/h3-5,7-8,14,18H,6,9-12H2,1-2H3. The molecule has 1 heterocycles. The highest BCUT2D eigenvalue weighted by molar-refractivity contribution is 5.47. The van der Waals surface area contributed by atoms with Crippen LogP contribution in [0.3, 0.4) is 0 Å². The van der Waals surface area contributed by atoms with E-state index in [9.17, 15) is 5.26 Å². The number of para-hydroxylation sites is 1. The van der Waals surface area contributed by atoms with Crippen molar-refractivity contribution in [2.45, 2.75) is 44.7 Å². The highest BCUT2D eigenvalue weighted by Crippen LogP contribution is 2.27. The van der Waals surface area contributed by atoms with Gasteiger partial charge >= 0.3 is 0 Å². The van der Waals surface area contributed by atoms with Crippen molar-refractivity contribution < 1.29 is 0 Å². The molecule has 1 N–H and O–H groups in total. The Kier molecular flexibility index (Phi) is 4.44. The number of hydrogen-bond donors (Lipinski definition) is 1. The van der Waals surface area contributed by atoms with E-state index >= 15 is 0 Å². The number of rotatable bonds is 3. The summed E-state index contributed by atoms with van der Waals surface area (Å²) in [6.45, 7) is 6.54. The number of benzene rings is 1. The van der Waals surface area contributed by atoms with Gasteiger partial charge in [0, 0.05) is 18.3 Å². The highest BCUT2D eigenvalue weighted by atomic mass is 15.2. The second kappa shape index (κ2) is 6.08. The van der Waals surface area contributed by atoms with Gasteiger partial charge in [-0.05, 0) is 51.8 Å². The van der Waals surface area contributed by atoms with Gasteiger partial charge in [0.1, 0.15) is 5.54 Å². The molecule has 1 aliphatic rings. The minimum atomic E-state index is -0.412. The van der Waals surface area contributed by atoms with E-state index in [1.165, 1.54) is 0 Å². The van der Waals surface area contributed by atoms with Crippen LogP contribution >= 0.6 is 0 Å². The molecule has 1 aromatic rings. The molecule has 1 saturated heterocycles. The average Bonchev–Trinajstić information content (AvgIpc) is 2.63.